The predicted molar refractivity (Wildman–Crippen MR) is 45.8 cm³/mol. The number of rotatable bonds is 5. The Balaban J connectivity index is 3.33. The Morgan fingerprint density at radius 2 is 2.36 bits per heavy atom. The molecule has 3 nitrogen and oxygen atoms in total. The summed E-state index contributed by atoms with van der Waals surface area (Å²) in [5, 5.41) is 16.9. The molecule has 2 N–H and O–H groups in total. The highest BCUT2D eigenvalue weighted by Crippen LogP contribution is 2.08. The Bertz CT molecular complexity index is 145. The van der Waals surface area contributed by atoms with Crippen LogP contribution in [-0.2, 0) is 4.79 Å². The number of aliphatic hydroxyl groups is 1. The lowest BCUT2D eigenvalue weighted by molar-refractivity contribution is -0.131. The molecule has 0 fully saturated rings. The van der Waals surface area contributed by atoms with Crippen LogP contribution in [0.4, 0.5) is 0 Å². The second-order valence-corrected chi connectivity index (χ2v) is 3.54. The second-order valence-electron chi connectivity index (χ2n) is 2.07. The van der Waals surface area contributed by atoms with Crippen LogP contribution in [-0.4, -0.2) is 33.8 Å². The Morgan fingerprint density at radius 3 is 2.82 bits per heavy atom. The normalized spacial score (nSPS) is 13.6. The molecule has 64 valence electrons. The smallest absolute Gasteiger partial charge is 0.328 e. The number of carboxylic acid groups (broad SMARTS) is 1. The average Bonchev–Trinajstić information content (AvgIpc) is 1.97. The van der Waals surface area contributed by atoms with Crippen LogP contribution in [0, 0.1) is 0 Å². The average molecular weight is 176 g/mol. The van der Waals surface area contributed by atoms with E-state index in [1.807, 2.05) is 6.92 Å². The highest BCUT2D eigenvalue weighted by molar-refractivity contribution is 8.00. The van der Waals surface area contributed by atoms with Crippen LogP contribution in [0.1, 0.15) is 6.92 Å². The third-order valence-corrected chi connectivity index (χ3v) is 2.10. The van der Waals surface area contributed by atoms with Crippen LogP contribution in [0.15, 0.2) is 12.2 Å². The first-order valence-electron chi connectivity index (χ1n) is 3.28. The van der Waals surface area contributed by atoms with Gasteiger partial charge in [0.15, 0.2) is 0 Å². The van der Waals surface area contributed by atoms with E-state index in [0.717, 1.165) is 6.08 Å². The Kier molecular flexibility index (Phi) is 5.97. The van der Waals surface area contributed by atoms with Crippen molar-refractivity contribution in [3.8, 4) is 0 Å². The van der Waals surface area contributed by atoms with Gasteiger partial charge in [-0.15, -0.1) is 0 Å². The topological polar surface area (TPSA) is 57.5 Å². The van der Waals surface area contributed by atoms with E-state index in [-0.39, 0.29) is 11.9 Å². The molecule has 0 bridgehead atoms. The highest BCUT2D eigenvalue weighted by atomic mass is 32.2. The Labute approximate surface area is 70.1 Å². The fourth-order valence-corrected chi connectivity index (χ4v) is 1.06. The van der Waals surface area contributed by atoms with Gasteiger partial charge in [0.05, 0.1) is 6.61 Å². The van der Waals surface area contributed by atoms with Crippen LogP contribution < -0.4 is 0 Å². The van der Waals surface area contributed by atoms with Crippen molar-refractivity contribution >= 4 is 17.7 Å². The maximum Gasteiger partial charge on any atom is 0.328 e. The van der Waals surface area contributed by atoms with Gasteiger partial charge in [-0.05, 0) is 0 Å². The lowest BCUT2D eigenvalue weighted by Crippen LogP contribution is -2.02. The predicted octanol–water partition coefficient (Wildman–Crippen LogP) is 0.741. The van der Waals surface area contributed by atoms with Gasteiger partial charge in [0, 0.05) is 17.1 Å². The van der Waals surface area contributed by atoms with E-state index in [1.165, 1.54) is 11.8 Å². The zero-order valence-electron chi connectivity index (χ0n) is 6.36. The molecule has 0 aliphatic carbocycles. The molecule has 0 aliphatic heterocycles. The number of hydrogen-bond donors (Lipinski definition) is 2. The Morgan fingerprint density at radius 1 is 1.73 bits per heavy atom. The van der Waals surface area contributed by atoms with E-state index in [0.29, 0.717) is 5.75 Å². The van der Waals surface area contributed by atoms with Gasteiger partial charge in [-0.3, -0.25) is 0 Å². The van der Waals surface area contributed by atoms with E-state index in [1.54, 1.807) is 6.08 Å². The fourth-order valence-electron chi connectivity index (χ4n) is 0.421. The molecule has 0 saturated heterocycles. The maximum absolute atomic E-state index is 9.97. The number of aliphatic hydroxyl groups excluding tert-OH is 1. The molecule has 0 rings (SSSR count). The summed E-state index contributed by atoms with van der Waals surface area (Å²) in [6.45, 7) is 2.02. The van der Waals surface area contributed by atoms with Crippen molar-refractivity contribution in [2.75, 3.05) is 12.4 Å². The summed E-state index contributed by atoms with van der Waals surface area (Å²) in [7, 11) is 0. The molecule has 0 spiro atoms. The first-order chi connectivity index (χ1) is 5.16. The van der Waals surface area contributed by atoms with Crippen molar-refractivity contribution in [3.05, 3.63) is 12.2 Å². The van der Waals surface area contributed by atoms with Gasteiger partial charge in [-0.25, -0.2) is 4.79 Å². The SMILES string of the molecule is CC(CO)SC/C=C/C(=O)O. The van der Waals surface area contributed by atoms with Gasteiger partial charge in [-0.2, -0.15) is 11.8 Å². The maximum atomic E-state index is 9.97. The van der Waals surface area contributed by atoms with Gasteiger partial charge in [0.2, 0.25) is 0 Å². The second kappa shape index (κ2) is 6.24. The molecule has 0 radical (unpaired) electrons. The zero-order valence-corrected chi connectivity index (χ0v) is 7.17. The Hall–Kier alpha value is -0.480. The molecule has 1 atom stereocenters. The zero-order chi connectivity index (χ0) is 8.69. The molecule has 0 heterocycles. The van der Waals surface area contributed by atoms with E-state index in [9.17, 15) is 4.79 Å². The number of thioether (sulfide) groups is 1. The molecular weight excluding hydrogens is 164 g/mol. The van der Waals surface area contributed by atoms with Crippen LogP contribution in [0.5, 0.6) is 0 Å². The molecule has 0 aromatic heterocycles. The summed E-state index contributed by atoms with van der Waals surface area (Å²) in [5.74, 6) is -0.296. The summed E-state index contributed by atoms with van der Waals surface area (Å²) in [6.07, 6.45) is 2.68. The van der Waals surface area contributed by atoms with Crippen LogP contribution in [0.2, 0.25) is 0 Å². The van der Waals surface area contributed by atoms with Crippen molar-refractivity contribution in [1.29, 1.82) is 0 Å². The first-order valence-corrected chi connectivity index (χ1v) is 4.33. The quantitative estimate of drug-likeness (QED) is 0.607. The number of hydrogen-bond acceptors (Lipinski definition) is 3. The van der Waals surface area contributed by atoms with E-state index in [2.05, 4.69) is 0 Å². The minimum atomic E-state index is -0.928. The summed E-state index contributed by atoms with van der Waals surface area (Å²) >= 11 is 1.52. The lowest BCUT2D eigenvalue weighted by Gasteiger charge is -2.02. The fraction of sp³-hybridized carbons (Fsp3) is 0.571. The molecule has 0 aromatic carbocycles. The number of carbonyl (C=O) groups is 1. The third kappa shape index (κ3) is 7.42. The molecule has 1 unspecified atom stereocenters. The highest BCUT2D eigenvalue weighted by Gasteiger charge is 1.96. The molecule has 0 aromatic rings. The summed E-state index contributed by atoms with van der Waals surface area (Å²) < 4.78 is 0. The molecule has 0 amide bonds. The molecule has 0 saturated carbocycles. The van der Waals surface area contributed by atoms with Gasteiger partial charge in [-0.1, -0.05) is 13.0 Å². The van der Waals surface area contributed by atoms with Crippen LogP contribution >= 0.6 is 11.8 Å². The minimum Gasteiger partial charge on any atom is -0.478 e. The first kappa shape index (κ1) is 10.5. The van der Waals surface area contributed by atoms with Gasteiger partial charge < -0.3 is 10.2 Å². The summed E-state index contributed by atoms with van der Waals surface area (Å²) in [5.41, 5.74) is 0. The lowest BCUT2D eigenvalue weighted by atomic mass is 10.5. The van der Waals surface area contributed by atoms with Crippen molar-refractivity contribution in [3.63, 3.8) is 0 Å². The van der Waals surface area contributed by atoms with E-state index in [4.69, 9.17) is 10.2 Å². The van der Waals surface area contributed by atoms with E-state index >= 15 is 0 Å². The standard InChI is InChI=1S/C7H12O3S/c1-6(5-8)11-4-2-3-7(9)10/h2-3,6,8H,4-5H2,1H3,(H,9,10)/b3-2+. The monoisotopic (exact) mass is 176 g/mol. The summed E-state index contributed by atoms with van der Waals surface area (Å²) in [4.78, 5) is 9.97. The molecule has 4 heteroatoms. The van der Waals surface area contributed by atoms with Crippen LogP contribution in [0.3, 0.4) is 0 Å². The van der Waals surface area contributed by atoms with E-state index < -0.39 is 5.97 Å². The largest absolute Gasteiger partial charge is 0.478 e. The van der Waals surface area contributed by atoms with Crippen molar-refractivity contribution in [2.24, 2.45) is 0 Å². The van der Waals surface area contributed by atoms with Crippen molar-refractivity contribution in [2.45, 2.75) is 12.2 Å². The van der Waals surface area contributed by atoms with Gasteiger partial charge in [0.1, 0.15) is 0 Å². The van der Waals surface area contributed by atoms with Crippen molar-refractivity contribution in [1.82, 2.24) is 0 Å². The molecule has 11 heavy (non-hydrogen) atoms. The minimum absolute atomic E-state index is 0.131. The molecular formula is C7H12O3S. The van der Waals surface area contributed by atoms with Crippen LogP contribution in [0.25, 0.3) is 0 Å². The van der Waals surface area contributed by atoms with Gasteiger partial charge in [0.25, 0.3) is 0 Å². The number of aliphatic carboxylic acids is 1. The third-order valence-electron chi connectivity index (χ3n) is 0.995. The van der Waals surface area contributed by atoms with Crippen molar-refractivity contribution < 1.29 is 15.0 Å². The summed E-state index contributed by atoms with van der Waals surface area (Å²) in [6, 6.07) is 0. The number of carboxylic acids is 1. The molecule has 0 aliphatic rings. The van der Waals surface area contributed by atoms with Gasteiger partial charge >= 0.3 is 5.97 Å².